The van der Waals surface area contributed by atoms with Gasteiger partial charge in [0.1, 0.15) is 5.92 Å². The van der Waals surface area contributed by atoms with Crippen molar-refractivity contribution in [2.75, 3.05) is 7.11 Å². The van der Waals surface area contributed by atoms with Crippen LogP contribution in [-0.4, -0.2) is 47.4 Å². The summed E-state index contributed by atoms with van der Waals surface area (Å²) in [6.45, 7) is 10.2. The predicted molar refractivity (Wildman–Crippen MR) is 151 cm³/mol. The van der Waals surface area contributed by atoms with Gasteiger partial charge in [0.15, 0.2) is 5.78 Å². The van der Waals surface area contributed by atoms with Gasteiger partial charge in [-0.3, -0.25) is 9.59 Å². The predicted octanol–water partition coefficient (Wildman–Crippen LogP) is 1.96. The molecule has 2 atom stereocenters. The van der Waals surface area contributed by atoms with Gasteiger partial charge in [0, 0.05) is 5.56 Å². The topological polar surface area (TPSA) is 131 Å². The van der Waals surface area contributed by atoms with E-state index in [2.05, 4.69) is 26.8 Å². The number of carbonyl (C=O) groups is 2. The minimum atomic E-state index is -1.04. The maximum atomic E-state index is 13.6. The number of hydrogen-bond acceptors (Lipinski definition) is 3. The zero-order valence-electron chi connectivity index (χ0n) is 23.1. The number of aryl methyl sites for hydroxylation is 1. The summed E-state index contributed by atoms with van der Waals surface area (Å²) in [5.41, 5.74) is 9.67. The van der Waals surface area contributed by atoms with Crippen LogP contribution in [0.25, 0.3) is 29.1 Å². The van der Waals surface area contributed by atoms with Gasteiger partial charge in [0.05, 0.1) is 7.11 Å². The number of rotatable bonds is 2. The molecule has 2 N–H and O–H groups in total. The average Bonchev–Trinajstić information content (AvgIpc) is 3.62. The first kappa shape index (κ1) is 28.7. The van der Waals surface area contributed by atoms with Gasteiger partial charge < -0.3 is 30.5 Å². The van der Waals surface area contributed by atoms with Crippen molar-refractivity contribution in [3.05, 3.63) is 84.1 Å². The van der Waals surface area contributed by atoms with Crippen LogP contribution in [0.1, 0.15) is 75.7 Å². The maximum absolute atomic E-state index is 13.6. The Labute approximate surface area is 243 Å². The molecule has 39 heavy (non-hydrogen) atoms. The maximum Gasteiger partial charge on any atom is 2.00 e. The number of aromatic nitrogens is 3. The molecular formula is C30H30MgN4O4-2. The molecule has 6 rings (SSSR count). The van der Waals surface area contributed by atoms with Gasteiger partial charge in [-0.25, -0.2) is 0 Å². The van der Waals surface area contributed by atoms with E-state index in [1.807, 2.05) is 32.1 Å². The number of Topliss-reactive ketones (excluding diaryl/α,β-unsaturated/α-hetero) is 1. The number of fused-ring (bicyclic) bond motifs is 7. The van der Waals surface area contributed by atoms with E-state index in [0.717, 1.165) is 56.5 Å². The number of allylic oxidation sites excluding steroid dienone is 2. The molecule has 2 aliphatic heterocycles. The fourth-order valence-corrected chi connectivity index (χ4v) is 5.83. The third-order valence-electron chi connectivity index (χ3n) is 7.90. The minimum Gasteiger partial charge on any atom is -0.664 e. The Morgan fingerprint density at radius 3 is 2.46 bits per heavy atom. The number of hydrogen-bond donors (Lipinski definition) is 0. The smallest absolute Gasteiger partial charge is 0.664 e. The van der Waals surface area contributed by atoms with Crippen molar-refractivity contribution in [3.63, 3.8) is 0 Å². The van der Waals surface area contributed by atoms with Crippen molar-refractivity contribution in [1.29, 1.82) is 0 Å². The van der Waals surface area contributed by atoms with Crippen LogP contribution in [0.5, 0.6) is 0 Å². The molecule has 0 unspecified atom stereocenters. The van der Waals surface area contributed by atoms with E-state index in [4.69, 9.17) is 25.0 Å². The van der Waals surface area contributed by atoms with Crippen LogP contribution in [0.4, 0.5) is 0 Å². The zero-order chi connectivity index (χ0) is 26.2. The quantitative estimate of drug-likeness (QED) is 0.280. The Balaban J connectivity index is 0.00000176. The summed E-state index contributed by atoms with van der Waals surface area (Å²) >= 11 is 0. The molecule has 0 spiro atoms. The molecule has 9 heteroatoms. The summed E-state index contributed by atoms with van der Waals surface area (Å²) in [5, 5.41) is 6.67. The van der Waals surface area contributed by atoms with Gasteiger partial charge in [-0.05, 0) is 39.5 Å². The molecule has 8 bridgehead atoms. The monoisotopic (exact) mass is 534 g/mol. The van der Waals surface area contributed by atoms with Crippen LogP contribution in [0.2, 0.25) is 0 Å². The third-order valence-corrected chi connectivity index (χ3v) is 7.90. The number of esters is 1. The van der Waals surface area contributed by atoms with Crippen LogP contribution in [0.15, 0.2) is 17.5 Å². The molecule has 1 fully saturated rings. The number of carbonyl (C=O) groups excluding carboxylic acids is 2. The second-order valence-corrected chi connectivity index (χ2v) is 10.2. The molecule has 0 radical (unpaired) electrons. The number of methoxy groups -OCH3 is 1. The summed E-state index contributed by atoms with van der Waals surface area (Å²) in [6.07, 6.45) is 7.43. The van der Waals surface area contributed by atoms with Gasteiger partial charge in [-0.15, -0.1) is 33.5 Å². The van der Waals surface area contributed by atoms with Crippen LogP contribution in [0, 0.1) is 32.6 Å². The second kappa shape index (κ2) is 10.4. The Hall–Kier alpha value is -3.27. The Kier molecular flexibility index (Phi) is 7.64. The number of ketones is 1. The summed E-state index contributed by atoms with van der Waals surface area (Å²) in [6, 6.07) is 2.07. The summed E-state index contributed by atoms with van der Waals surface area (Å²) in [4.78, 5) is 41.2. The Bertz CT molecular complexity index is 1700. The van der Waals surface area contributed by atoms with E-state index in [1.165, 1.54) is 7.11 Å². The molecule has 0 saturated carbocycles. The van der Waals surface area contributed by atoms with E-state index in [9.17, 15) is 9.59 Å². The van der Waals surface area contributed by atoms with Crippen molar-refractivity contribution < 1.29 is 19.8 Å². The first-order valence-corrected chi connectivity index (χ1v) is 12.7. The largest absolute Gasteiger partial charge is 2.00 e. The number of ether oxygens (including phenoxy) is 1. The number of nitrogens with zero attached hydrogens (tertiary/aromatic N) is 4. The van der Waals surface area contributed by atoms with Crippen molar-refractivity contribution in [3.8, 4) is 0 Å². The summed E-state index contributed by atoms with van der Waals surface area (Å²) in [5.74, 6) is -1.79. The van der Waals surface area contributed by atoms with Crippen LogP contribution in [-0.2, 0) is 16.0 Å². The molecule has 8 nitrogen and oxygen atoms in total. The SMILES string of the molecule is CCc1c(C)/c2[n-]/c1=C\c1[n-]c3c(c1C)C(=O)[C@H](C(=O)OC)/C3=C1\C[C@H](C)/C(=C/c3[n-]c(cc3C)\C=2)[N-]1.O.[Mg+2]. The van der Waals surface area contributed by atoms with Crippen LogP contribution < -0.4 is 25.7 Å². The molecule has 0 aromatic carbocycles. The molecule has 0 amide bonds. The van der Waals surface area contributed by atoms with Gasteiger partial charge in [0.2, 0.25) is 0 Å². The van der Waals surface area contributed by atoms with Crippen molar-refractivity contribution in [2.24, 2.45) is 11.8 Å². The third kappa shape index (κ3) is 4.33. The average molecular weight is 535 g/mol. The van der Waals surface area contributed by atoms with Gasteiger partial charge in [-0.2, -0.15) is 11.4 Å². The van der Waals surface area contributed by atoms with E-state index < -0.39 is 11.9 Å². The van der Waals surface area contributed by atoms with E-state index in [-0.39, 0.29) is 40.2 Å². The summed E-state index contributed by atoms with van der Waals surface area (Å²) in [7, 11) is 1.31. The van der Waals surface area contributed by atoms with Crippen molar-refractivity contribution in [2.45, 2.75) is 47.5 Å². The van der Waals surface area contributed by atoms with Crippen LogP contribution in [0.3, 0.4) is 0 Å². The standard InChI is InChI=1S/C30H29N4O3.Mg.H2O/c1-7-18-15(4)21-10-17-8-13(2)19(31-17)11-20-14(3)9-24(32-20)26-27(30(36)37-6)29(35)25-16(5)22(34-28(25)26)12-23(18)33-21;;/h8,10-12,14,27H,7,9H2,1-6H3,(H-,32,34,35);;1H2/q-3;+2;/p-1/b20-11-,21-10-,23-12-;;/t14-,27+;;/m0../s1. The first-order chi connectivity index (χ1) is 17.7. The van der Waals surface area contributed by atoms with Gasteiger partial charge in [-0.1, -0.05) is 66.0 Å². The molecule has 3 aromatic rings. The summed E-state index contributed by atoms with van der Waals surface area (Å²) < 4.78 is 5.06. The first-order valence-electron chi connectivity index (χ1n) is 12.7. The molecule has 5 heterocycles. The molecule has 3 aliphatic rings. The molecule has 198 valence electrons. The molecule has 1 aliphatic carbocycles. The van der Waals surface area contributed by atoms with E-state index >= 15 is 0 Å². The Morgan fingerprint density at radius 1 is 1.03 bits per heavy atom. The van der Waals surface area contributed by atoms with Crippen LogP contribution >= 0.6 is 0 Å². The molecular weight excluding hydrogens is 505 g/mol. The van der Waals surface area contributed by atoms with Gasteiger partial charge >= 0.3 is 29.0 Å². The fraction of sp³-hybridized carbons (Fsp3) is 0.333. The van der Waals surface area contributed by atoms with Gasteiger partial charge in [0.25, 0.3) is 0 Å². The Morgan fingerprint density at radius 2 is 1.77 bits per heavy atom. The zero-order valence-corrected chi connectivity index (χ0v) is 24.5. The van der Waals surface area contributed by atoms with E-state index in [1.54, 1.807) is 0 Å². The van der Waals surface area contributed by atoms with Crippen molar-refractivity contribution >= 4 is 58.6 Å². The normalized spacial score (nSPS) is 23.8. The minimum absolute atomic E-state index is 0. The van der Waals surface area contributed by atoms with E-state index in [0.29, 0.717) is 34.6 Å². The second-order valence-electron chi connectivity index (χ2n) is 10.2. The fourth-order valence-electron chi connectivity index (χ4n) is 5.83. The molecule has 1 saturated heterocycles. The molecule has 3 aromatic heterocycles. The van der Waals surface area contributed by atoms with Crippen molar-refractivity contribution in [1.82, 2.24) is 15.0 Å².